The first kappa shape index (κ1) is 48.3. The number of aromatic nitrogens is 10. The lowest BCUT2D eigenvalue weighted by Gasteiger charge is -2.16. The summed E-state index contributed by atoms with van der Waals surface area (Å²) in [6.07, 6.45) is 3.70. The van der Waals surface area contributed by atoms with Gasteiger partial charge in [0.25, 0.3) is 23.0 Å². The van der Waals surface area contributed by atoms with Crippen molar-refractivity contribution in [3.05, 3.63) is 121 Å². The predicted octanol–water partition coefficient (Wildman–Crippen LogP) is 7.78. The second kappa shape index (κ2) is 20.5. The van der Waals surface area contributed by atoms with Crippen LogP contribution in [0.3, 0.4) is 0 Å². The minimum Gasteiger partial charge on any atom is -0.494 e. The molecule has 0 unspecified atom stereocenters. The van der Waals surface area contributed by atoms with Gasteiger partial charge >= 0.3 is 0 Å². The number of carbonyl (C=O) groups is 2. The zero-order valence-corrected chi connectivity index (χ0v) is 40.3. The zero-order chi connectivity index (χ0) is 49.0. The number of ether oxygens (including phenoxy) is 3. The summed E-state index contributed by atoms with van der Waals surface area (Å²) in [6.45, 7) is 10.8. The molecule has 2 aromatic carbocycles. The van der Waals surface area contributed by atoms with E-state index in [-0.39, 0.29) is 47.4 Å². The number of nitrogens with one attached hydrogen (secondary N) is 2. The Labute approximate surface area is 399 Å². The molecule has 8 rings (SSSR count). The molecule has 0 atom stereocenters. The molecule has 0 fully saturated rings. The highest BCUT2D eigenvalue weighted by Gasteiger charge is 2.18. The van der Waals surface area contributed by atoms with Crippen LogP contribution in [0.2, 0.25) is 10.0 Å². The molecule has 0 aliphatic rings. The Morgan fingerprint density at radius 1 is 0.632 bits per heavy atom. The third-order valence-corrected chi connectivity index (χ3v) is 11.2. The summed E-state index contributed by atoms with van der Waals surface area (Å²) in [5.74, 6) is 2.04. The van der Waals surface area contributed by atoms with E-state index in [0.717, 1.165) is 33.7 Å². The SMILES string of the molecule is CCC(=O)COc1cc2cc(Nc3nc(-n4nc(C)cc4C)ncc3Cl)cc(OC)c2n(C)c1=O.CCC(=O)COc1cc2cc(Nc3nc(-n4nc(C)cc4C)ncc3Cl)ccc2n(C)c1=O. The van der Waals surface area contributed by atoms with Crippen molar-refractivity contribution in [3.63, 3.8) is 0 Å². The summed E-state index contributed by atoms with van der Waals surface area (Å²) in [4.78, 5) is 66.3. The number of nitrogens with zero attached hydrogens (tertiary/aromatic N) is 10. The van der Waals surface area contributed by atoms with Gasteiger partial charge in [-0.15, -0.1) is 0 Å². The van der Waals surface area contributed by atoms with Crippen LogP contribution in [0.25, 0.3) is 33.7 Å². The fourth-order valence-corrected chi connectivity index (χ4v) is 7.36. The number of Topliss-reactive ketones (excluding diaryl/α,β-unsaturated/α-hetero) is 2. The van der Waals surface area contributed by atoms with Crippen LogP contribution in [-0.4, -0.2) is 80.5 Å². The molecule has 0 saturated heterocycles. The fourth-order valence-electron chi connectivity index (χ4n) is 7.09. The van der Waals surface area contributed by atoms with Crippen molar-refractivity contribution in [1.82, 2.24) is 48.6 Å². The van der Waals surface area contributed by atoms with Crippen molar-refractivity contribution in [2.45, 2.75) is 54.4 Å². The first-order valence-electron chi connectivity index (χ1n) is 21.3. The van der Waals surface area contributed by atoms with Crippen molar-refractivity contribution in [2.24, 2.45) is 14.1 Å². The van der Waals surface area contributed by atoms with E-state index < -0.39 is 0 Å². The maximum atomic E-state index is 12.8. The van der Waals surface area contributed by atoms with E-state index >= 15 is 0 Å². The summed E-state index contributed by atoms with van der Waals surface area (Å²) < 4.78 is 22.8. The van der Waals surface area contributed by atoms with Crippen molar-refractivity contribution in [2.75, 3.05) is 31.0 Å². The van der Waals surface area contributed by atoms with E-state index in [1.54, 1.807) is 55.5 Å². The van der Waals surface area contributed by atoms with Crippen molar-refractivity contribution >= 4 is 79.6 Å². The van der Waals surface area contributed by atoms with E-state index in [1.807, 2.05) is 64.1 Å². The van der Waals surface area contributed by atoms with Gasteiger partial charge in [0, 0.05) is 66.5 Å². The lowest BCUT2D eigenvalue weighted by molar-refractivity contribution is -0.121. The van der Waals surface area contributed by atoms with E-state index in [1.165, 1.54) is 28.6 Å². The summed E-state index contributed by atoms with van der Waals surface area (Å²) in [6, 6.07) is 16.1. The van der Waals surface area contributed by atoms with Gasteiger partial charge < -0.3 is 34.0 Å². The number of fused-ring (bicyclic) bond motifs is 2. The number of pyridine rings is 2. The van der Waals surface area contributed by atoms with Gasteiger partial charge in [-0.3, -0.25) is 19.2 Å². The minimum atomic E-state index is -0.367. The van der Waals surface area contributed by atoms with Gasteiger partial charge in [0.15, 0.2) is 34.7 Å². The number of halogens is 2. The summed E-state index contributed by atoms with van der Waals surface area (Å²) in [5, 5.41) is 17.3. The molecule has 0 radical (unpaired) electrons. The zero-order valence-electron chi connectivity index (χ0n) is 38.8. The average Bonchev–Trinajstić information content (AvgIpc) is 3.85. The third kappa shape index (κ3) is 10.5. The van der Waals surface area contributed by atoms with Gasteiger partial charge in [0.1, 0.15) is 29.0 Å². The van der Waals surface area contributed by atoms with E-state index in [9.17, 15) is 19.2 Å². The van der Waals surface area contributed by atoms with Crippen LogP contribution in [0.1, 0.15) is 49.5 Å². The Balaban J connectivity index is 0.000000202. The maximum Gasteiger partial charge on any atom is 0.293 e. The average molecular weight is 964 g/mol. The van der Waals surface area contributed by atoms with Crippen molar-refractivity contribution in [3.8, 4) is 29.1 Å². The molecule has 0 amide bonds. The van der Waals surface area contributed by atoms with Gasteiger partial charge in [-0.05, 0) is 76.2 Å². The van der Waals surface area contributed by atoms with Crippen LogP contribution < -0.4 is 36.0 Å². The molecule has 21 heteroatoms. The second-order valence-electron chi connectivity index (χ2n) is 15.7. The van der Waals surface area contributed by atoms with Crippen LogP contribution in [0.4, 0.5) is 23.0 Å². The van der Waals surface area contributed by atoms with Crippen molar-refractivity contribution < 1.29 is 23.8 Å². The molecule has 19 nitrogen and oxygen atoms in total. The van der Waals surface area contributed by atoms with Crippen LogP contribution in [-0.2, 0) is 23.7 Å². The molecule has 352 valence electrons. The Kier molecular flexibility index (Phi) is 14.5. The summed E-state index contributed by atoms with van der Waals surface area (Å²) >= 11 is 12.7. The molecule has 0 bridgehead atoms. The first-order chi connectivity index (χ1) is 32.5. The summed E-state index contributed by atoms with van der Waals surface area (Å²) in [7, 11) is 4.80. The molecule has 68 heavy (non-hydrogen) atoms. The molecule has 6 heterocycles. The second-order valence-corrected chi connectivity index (χ2v) is 16.5. The quantitative estimate of drug-likeness (QED) is 0.100. The van der Waals surface area contributed by atoms with E-state index in [2.05, 4.69) is 40.8 Å². The molecule has 0 spiro atoms. The maximum absolute atomic E-state index is 12.8. The first-order valence-corrected chi connectivity index (χ1v) is 22.0. The van der Waals surface area contributed by atoms with Gasteiger partial charge in [0.05, 0.1) is 41.9 Å². The van der Waals surface area contributed by atoms with Gasteiger partial charge in [-0.25, -0.2) is 19.3 Å². The lowest BCUT2D eigenvalue weighted by Crippen LogP contribution is -2.22. The smallest absolute Gasteiger partial charge is 0.293 e. The molecular formula is C47H48Cl2N12O7. The predicted molar refractivity (Wildman–Crippen MR) is 260 cm³/mol. The summed E-state index contributed by atoms with van der Waals surface area (Å²) in [5.41, 5.74) is 5.44. The molecule has 8 aromatic rings. The Bertz CT molecular complexity index is 3360. The molecule has 0 aliphatic carbocycles. The highest BCUT2D eigenvalue weighted by atomic mass is 35.5. The standard InChI is InChI=1S/C24H25ClN6O4.C23H23ClN6O3/c1-6-17(32)12-35-20-9-15-8-16(10-19(34-5)21(15)30(4)23(20)33)27-22-18(25)11-26-24(28-22)31-14(3)7-13(2)29-31;1-5-17(31)12-33-20-10-15-9-16(6-7-19(15)29(4)22(20)32)26-21-18(24)11-25-23(27-21)30-14(3)8-13(2)28-30/h7-11H,6,12H2,1-5H3,(H,26,27,28);6-11H,5,12H2,1-4H3,(H,25,26,27). The number of hydrogen-bond donors (Lipinski definition) is 2. The minimum absolute atomic E-state index is 0.0767. The molecule has 0 aliphatic heterocycles. The largest absolute Gasteiger partial charge is 0.494 e. The van der Waals surface area contributed by atoms with Crippen LogP contribution >= 0.6 is 23.2 Å². The molecule has 0 saturated carbocycles. The normalized spacial score (nSPS) is 11.0. The van der Waals surface area contributed by atoms with Gasteiger partial charge in [-0.1, -0.05) is 37.0 Å². The van der Waals surface area contributed by atoms with Crippen LogP contribution in [0.5, 0.6) is 17.2 Å². The van der Waals surface area contributed by atoms with E-state index in [0.29, 0.717) is 74.4 Å². The van der Waals surface area contributed by atoms with Crippen LogP contribution in [0.15, 0.2) is 76.6 Å². The van der Waals surface area contributed by atoms with Gasteiger partial charge in [-0.2, -0.15) is 20.2 Å². The number of benzene rings is 2. The van der Waals surface area contributed by atoms with Crippen molar-refractivity contribution in [1.29, 1.82) is 0 Å². The number of carbonyl (C=O) groups excluding carboxylic acids is 2. The van der Waals surface area contributed by atoms with Crippen LogP contribution in [0, 0.1) is 27.7 Å². The molecule has 2 N–H and O–H groups in total. The highest BCUT2D eigenvalue weighted by Crippen LogP contribution is 2.33. The fraction of sp³-hybridized carbons (Fsp3) is 0.277. The number of hydrogen-bond acceptors (Lipinski definition) is 15. The number of anilines is 4. The number of aryl methyl sites for hydroxylation is 6. The number of ketones is 2. The lowest BCUT2D eigenvalue weighted by atomic mass is 10.1. The topological polar surface area (TPSA) is 217 Å². The monoisotopic (exact) mass is 962 g/mol. The van der Waals surface area contributed by atoms with E-state index in [4.69, 9.17) is 37.4 Å². The third-order valence-electron chi connectivity index (χ3n) is 10.6. The Hall–Kier alpha value is -7.64. The van der Waals surface area contributed by atoms with Gasteiger partial charge in [0.2, 0.25) is 0 Å². The Morgan fingerprint density at radius 2 is 1.12 bits per heavy atom. The Morgan fingerprint density at radius 3 is 1.60 bits per heavy atom. The highest BCUT2D eigenvalue weighted by molar-refractivity contribution is 6.33. The molecule has 6 aromatic heterocycles. The molecular weight excluding hydrogens is 915 g/mol. The number of methoxy groups -OCH3 is 1. The number of rotatable bonds is 15.